The van der Waals surface area contributed by atoms with Crippen LogP contribution < -0.4 is 0 Å². The number of aliphatic hydroxyl groups excluding tert-OH is 1. The van der Waals surface area contributed by atoms with Crippen LogP contribution >= 0.6 is 11.3 Å². The predicted octanol–water partition coefficient (Wildman–Crippen LogP) is 2.52. The maximum atomic E-state index is 12.6. The first kappa shape index (κ1) is 15.5. The number of methoxy groups -OCH3 is 1. The smallest absolute Gasteiger partial charge is 0.263 e. The van der Waals surface area contributed by atoms with Gasteiger partial charge in [-0.1, -0.05) is 6.92 Å². The highest BCUT2D eigenvalue weighted by atomic mass is 32.1. The Hall–Kier alpha value is -0.910. The lowest BCUT2D eigenvalue weighted by Gasteiger charge is -2.41. The monoisotopic (exact) mass is 297 g/mol. The van der Waals surface area contributed by atoms with Gasteiger partial charge in [-0.05, 0) is 31.4 Å². The average molecular weight is 297 g/mol. The van der Waals surface area contributed by atoms with E-state index in [-0.39, 0.29) is 17.9 Å². The molecule has 0 aliphatic carbocycles. The van der Waals surface area contributed by atoms with Crippen LogP contribution in [0.25, 0.3) is 0 Å². The number of ether oxygens (including phenoxy) is 1. The summed E-state index contributed by atoms with van der Waals surface area (Å²) in [7, 11) is 1.66. The van der Waals surface area contributed by atoms with Crippen molar-refractivity contribution in [1.29, 1.82) is 0 Å². The van der Waals surface area contributed by atoms with E-state index < -0.39 is 0 Å². The van der Waals surface area contributed by atoms with Crippen LogP contribution in [-0.4, -0.2) is 42.7 Å². The summed E-state index contributed by atoms with van der Waals surface area (Å²) in [6.07, 6.45) is 2.88. The van der Waals surface area contributed by atoms with Crippen LogP contribution in [0.15, 0.2) is 12.1 Å². The lowest BCUT2D eigenvalue weighted by Crippen LogP contribution is -2.47. The number of piperidine rings is 1. The minimum Gasteiger partial charge on any atom is -0.396 e. The van der Waals surface area contributed by atoms with Crippen molar-refractivity contribution in [2.45, 2.75) is 32.8 Å². The zero-order valence-corrected chi connectivity index (χ0v) is 13.0. The molecular weight excluding hydrogens is 274 g/mol. The molecule has 112 valence electrons. The summed E-state index contributed by atoms with van der Waals surface area (Å²) in [5.74, 6) is 0.0864. The molecule has 0 saturated carbocycles. The Morgan fingerprint density at radius 3 is 3.00 bits per heavy atom. The third kappa shape index (κ3) is 3.22. The van der Waals surface area contributed by atoms with E-state index in [1.165, 1.54) is 11.3 Å². The molecule has 1 saturated heterocycles. The highest BCUT2D eigenvalue weighted by Gasteiger charge is 2.35. The van der Waals surface area contributed by atoms with Gasteiger partial charge < -0.3 is 14.7 Å². The number of carbonyl (C=O) groups is 1. The molecule has 4 nitrogen and oxygen atoms in total. The van der Waals surface area contributed by atoms with E-state index in [9.17, 15) is 9.90 Å². The molecule has 2 heterocycles. The number of hydrogen-bond donors (Lipinski definition) is 1. The number of rotatable bonds is 5. The Morgan fingerprint density at radius 1 is 1.55 bits per heavy atom. The SMILES string of the molecule is CC[C@@]1(CO)CCCN(C(=O)c2ccc(COC)s2)C1. The Morgan fingerprint density at radius 2 is 2.35 bits per heavy atom. The van der Waals surface area contributed by atoms with Crippen molar-refractivity contribution in [2.24, 2.45) is 5.41 Å². The predicted molar refractivity (Wildman–Crippen MR) is 80.0 cm³/mol. The quantitative estimate of drug-likeness (QED) is 0.908. The van der Waals surface area contributed by atoms with Gasteiger partial charge in [-0.25, -0.2) is 0 Å². The van der Waals surface area contributed by atoms with Crippen molar-refractivity contribution in [3.8, 4) is 0 Å². The highest BCUT2D eigenvalue weighted by Crippen LogP contribution is 2.33. The first-order chi connectivity index (χ1) is 9.64. The molecule has 1 aromatic rings. The lowest BCUT2D eigenvalue weighted by atomic mass is 9.78. The second kappa shape index (κ2) is 6.70. The Kier molecular flexibility index (Phi) is 5.18. The van der Waals surface area contributed by atoms with E-state index in [1.807, 2.05) is 17.0 Å². The fourth-order valence-electron chi connectivity index (χ4n) is 2.78. The molecule has 1 aliphatic heterocycles. The number of amides is 1. The second-order valence-corrected chi connectivity index (χ2v) is 6.71. The summed E-state index contributed by atoms with van der Waals surface area (Å²) in [5.41, 5.74) is -0.111. The number of carbonyl (C=O) groups excluding carboxylic acids is 1. The van der Waals surface area contributed by atoms with Gasteiger partial charge in [0.25, 0.3) is 5.91 Å². The van der Waals surface area contributed by atoms with Crippen molar-refractivity contribution in [3.05, 3.63) is 21.9 Å². The molecule has 1 N–H and O–H groups in total. The zero-order chi connectivity index (χ0) is 14.6. The molecule has 0 bridgehead atoms. The van der Waals surface area contributed by atoms with Crippen molar-refractivity contribution in [3.63, 3.8) is 0 Å². The Labute approximate surface area is 124 Å². The maximum Gasteiger partial charge on any atom is 0.263 e. The maximum absolute atomic E-state index is 12.6. The lowest BCUT2D eigenvalue weighted by molar-refractivity contribution is 0.0254. The summed E-state index contributed by atoms with van der Waals surface area (Å²) in [5, 5.41) is 9.63. The van der Waals surface area contributed by atoms with Crippen molar-refractivity contribution in [2.75, 3.05) is 26.8 Å². The fourth-order valence-corrected chi connectivity index (χ4v) is 3.73. The summed E-state index contributed by atoms with van der Waals surface area (Å²) in [6, 6.07) is 3.83. The highest BCUT2D eigenvalue weighted by molar-refractivity contribution is 7.14. The van der Waals surface area contributed by atoms with Gasteiger partial charge in [0.05, 0.1) is 18.1 Å². The van der Waals surface area contributed by atoms with Gasteiger partial charge in [-0.15, -0.1) is 11.3 Å². The van der Waals surface area contributed by atoms with Crippen molar-refractivity contribution >= 4 is 17.2 Å². The van der Waals surface area contributed by atoms with E-state index in [0.29, 0.717) is 13.2 Å². The molecule has 0 unspecified atom stereocenters. The molecule has 0 radical (unpaired) electrons. The Bertz CT molecular complexity index is 454. The van der Waals surface area contributed by atoms with E-state index in [4.69, 9.17) is 4.74 Å². The largest absolute Gasteiger partial charge is 0.396 e. The number of likely N-dealkylation sites (tertiary alicyclic amines) is 1. The number of nitrogens with zero attached hydrogens (tertiary/aromatic N) is 1. The van der Waals surface area contributed by atoms with Gasteiger partial charge in [0.2, 0.25) is 0 Å². The van der Waals surface area contributed by atoms with Gasteiger partial charge in [0.1, 0.15) is 0 Å². The van der Waals surface area contributed by atoms with Crippen LogP contribution in [0.4, 0.5) is 0 Å². The second-order valence-electron chi connectivity index (χ2n) is 5.54. The normalized spacial score (nSPS) is 23.1. The number of thiophene rings is 1. The summed E-state index contributed by atoms with van der Waals surface area (Å²) in [6.45, 7) is 4.25. The van der Waals surface area contributed by atoms with Crippen LogP contribution in [0, 0.1) is 5.41 Å². The third-order valence-electron chi connectivity index (χ3n) is 4.19. The Balaban J connectivity index is 2.07. The van der Waals surface area contributed by atoms with Gasteiger partial charge in [0.15, 0.2) is 0 Å². The van der Waals surface area contributed by atoms with Gasteiger partial charge in [-0.2, -0.15) is 0 Å². The van der Waals surface area contributed by atoms with E-state index in [2.05, 4.69) is 6.92 Å². The fraction of sp³-hybridized carbons (Fsp3) is 0.667. The molecule has 1 aromatic heterocycles. The molecule has 0 aromatic carbocycles. The molecule has 2 rings (SSSR count). The van der Waals surface area contributed by atoms with Crippen molar-refractivity contribution in [1.82, 2.24) is 4.90 Å². The van der Waals surface area contributed by atoms with E-state index in [0.717, 1.165) is 35.6 Å². The van der Waals surface area contributed by atoms with Crippen LogP contribution in [-0.2, 0) is 11.3 Å². The molecule has 1 aliphatic rings. The van der Waals surface area contributed by atoms with Gasteiger partial charge in [0, 0.05) is 30.5 Å². The summed E-state index contributed by atoms with van der Waals surface area (Å²) < 4.78 is 5.09. The van der Waals surface area contributed by atoms with Gasteiger partial charge >= 0.3 is 0 Å². The molecule has 20 heavy (non-hydrogen) atoms. The molecule has 5 heteroatoms. The summed E-state index contributed by atoms with van der Waals surface area (Å²) in [4.78, 5) is 16.3. The average Bonchev–Trinajstić information content (AvgIpc) is 2.95. The molecule has 0 spiro atoms. The zero-order valence-electron chi connectivity index (χ0n) is 12.2. The van der Waals surface area contributed by atoms with E-state index in [1.54, 1.807) is 7.11 Å². The standard InChI is InChI=1S/C15H23NO3S/c1-3-15(11-17)7-4-8-16(10-15)14(18)13-6-5-12(20-13)9-19-2/h5-6,17H,3-4,7-11H2,1-2H3/t15-/m1/s1. The molecule has 1 amide bonds. The summed E-state index contributed by atoms with van der Waals surface area (Å²) >= 11 is 1.50. The van der Waals surface area contributed by atoms with E-state index >= 15 is 0 Å². The molecule has 1 fully saturated rings. The van der Waals surface area contributed by atoms with Crippen LogP contribution in [0.3, 0.4) is 0 Å². The van der Waals surface area contributed by atoms with Crippen LogP contribution in [0.1, 0.15) is 40.7 Å². The first-order valence-corrected chi connectivity index (χ1v) is 7.93. The molecular formula is C15H23NO3S. The minimum absolute atomic E-state index is 0.0864. The van der Waals surface area contributed by atoms with Gasteiger partial charge in [-0.3, -0.25) is 4.79 Å². The van der Waals surface area contributed by atoms with Crippen LogP contribution in [0.5, 0.6) is 0 Å². The van der Waals surface area contributed by atoms with Crippen molar-refractivity contribution < 1.29 is 14.6 Å². The number of aliphatic hydroxyl groups is 1. The molecule has 1 atom stereocenters. The number of hydrogen-bond acceptors (Lipinski definition) is 4. The third-order valence-corrected chi connectivity index (χ3v) is 5.24. The minimum atomic E-state index is -0.111. The topological polar surface area (TPSA) is 49.8 Å². The van der Waals surface area contributed by atoms with Crippen LogP contribution in [0.2, 0.25) is 0 Å². The first-order valence-electron chi connectivity index (χ1n) is 7.12.